The van der Waals surface area contributed by atoms with Crippen LogP contribution in [-0.4, -0.2) is 5.78 Å². The Hall–Kier alpha value is -2.07. The molecule has 1 heterocycles. The first-order valence-electron chi connectivity index (χ1n) is 6.08. The molecule has 0 fully saturated rings. The molecule has 1 nitrogen and oxygen atoms in total. The summed E-state index contributed by atoms with van der Waals surface area (Å²) in [5, 5.41) is 0.720. The van der Waals surface area contributed by atoms with Crippen molar-refractivity contribution in [1.29, 1.82) is 0 Å². The number of hydrogen-bond donors (Lipinski definition) is 0. The molecule has 0 saturated heterocycles. The number of Topliss-reactive ketones (excluding diaryl/α,β-unsaturated/α-hetero) is 1. The number of carbonyl (C=O) groups excluding carboxylic acids is 1. The van der Waals surface area contributed by atoms with Crippen LogP contribution in [0, 0.1) is 11.6 Å². The fraction of sp³-hybridized carbons (Fsp3) is 0.0625. The number of hydrogen-bond acceptors (Lipinski definition) is 2. The first kappa shape index (κ1) is 12.9. The van der Waals surface area contributed by atoms with Gasteiger partial charge >= 0.3 is 0 Å². The Morgan fingerprint density at radius 1 is 1.00 bits per heavy atom. The van der Waals surface area contributed by atoms with Crippen LogP contribution in [0.3, 0.4) is 0 Å². The lowest BCUT2D eigenvalue weighted by atomic mass is 10.1. The number of rotatable bonds is 3. The van der Waals surface area contributed by atoms with Crippen LogP contribution in [0.4, 0.5) is 8.78 Å². The maximum atomic E-state index is 13.1. The van der Waals surface area contributed by atoms with Gasteiger partial charge in [0.2, 0.25) is 0 Å². The van der Waals surface area contributed by atoms with E-state index in [2.05, 4.69) is 0 Å². The van der Waals surface area contributed by atoms with E-state index in [0.717, 1.165) is 10.1 Å². The highest BCUT2D eigenvalue weighted by molar-refractivity contribution is 7.20. The molecule has 0 saturated carbocycles. The number of ketones is 1. The zero-order chi connectivity index (χ0) is 14.1. The van der Waals surface area contributed by atoms with E-state index in [1.54, 1.807) is 24.3 Å². The monoisotopic (exact) mass is 288 g/mol. The largest absolute Gasteiger partial charge is 0.293 e. The van der Waals surface area contributed by atoms with Crippen molar-refractivity contribution >= 4 is 27.2 Å². The van der Waals surface area contributed by atoms with E-state index in [4.69, 9.17) is 0 Å². The fourth-order valence-electron chi connectivity index (χ4n) is 2.07. The van der Waals surface area contributed by atoms with E-state index in [9.17, 15) is 13.6 Å². The Bertz CT molecular complexity index is 792. The third-order valence-corrected chi connectivity index (χ3v) is 4.16. The molecule has 0 spiro atoms. The predicted molar refractivity (Wildman–Crippen MR) is 76.2 cm³/mol. The molecule has 0 amide bonds. The average Bonchev–Trinajstić information content (AvgIpc) is 2.81. The highest BCUT2D eigenvalue weighted by Crippen LogP contribution is 2.27. The van der Waals surface area contributed by atoms with Crippen molar-refractivity contribution in [1.82, 2.24) is 0 Å². The Morgan fingerprint density at radius 2 is 1.80 bits per heavy atom. The zero-order valence-corrected chi connectivity index (χ0v) is 11.2. The molecule has 0 radical (unpaired) electrons. The lowest BCUT2D eigenvalue weighted by molar-refractivity contribution is 0.0997. The second kappa shape index (κ2) is 5.13. The predicted octanol–water partition coefficient (Wildman–Crippen LogP) is 4.60. The summed E-state index contributed by atoms with van der Waals surface area (Å²) in [5.41, 5.74) is 0.638. The van der Waals surface area contributed by atoms with Crippen LogP contribution in [-0.2, 0) is 6.42 Å². The number of benzene rings is 2. The van der Waals surface area contributed by atoms with E-state index >= 15 is 0 Å². The molecule has 20 heavy (non-hydrogen) atoms. The summed E-state index contributed by atoms with van der Waals surface area (Å²) in [6.45, 7) is 0. The standard InChI is InChI=1S/C16H10F2OS/c17-12-3-1-2-10(6-12)7-14(19)16-9-11-8-13(18)4-5-15(11)20-16/h1-6,8-9H,7H2. The lowest BCUT2D eigenvalue weighted by Crippen LogP contribution is -2.01. The molecule has 3 aromatic rings. The van der Waals surface area contributed by atoms with Gasteiger partial charge < -0.3 is 0 Å². The quantitative estimate of drug-likeness (QED) is 0.643. The van der Waals surface area contributed by atoms with Crippen molar-refractivity contribution < 1.29 is 13.6 Å². The van der Waals surface area contributed by atoms with Crippen LogP contribution in [0.15, 0.2) is 48.5 Å². The maximum absolute atomic E-state index is 13.1. The van der Waals surface area contributed by atoms with E-state index in [0.29, 0.717) is 10.4 Å². The molecule has 0 unspecified atom stereocenters. The van der Waals surface area contributed by atoms with Gasteiger partial charge in [-0.05, 0) is 47.3 Å². The third kappa shape index (κ3) is 2.60. The highest BCUT2D eigenvalue weighted by Gasteiger charge is 2.12. The topological polar surface area (TPSA) is 17.1 Å². The number of thiophene rings is 1. The minimum absolute atomic E-state index is 0.0859. The van der Waals surface area contributed by atoms with Gasteiger partial charge in [-0.1, -0.05) is 12.1 Å². The van der Waals surface area contributed by atoms with Crippen molar-refractivity contribution in [2.45, 2.75) is 6.42 Å². The van der Waals surface area contributed by atoms with Crippen molar-refractivity contribution in [2.24, 2.45) is 0 Å². The molecule has 4 heteroatoms. The Balaban J connectivity index is 1.88. The molecule has 0 aliphatic rings. The normalized spacial score (nSPS) is 10.9. The molecule has 0 aliphatic heterocycles. The van der Waals surface area contributed by atoms with Gasteiger partial charge in [-0.3, -0.25) is 4.79 Å². The summed E-state index contributed by atoms with van der Waals surface area (Å²) >= 11 is 1.33. The molecule has 1 aromatic heterocycles. The van der Waals surface area contributed by atoms with Crippen molar-refractivity contribution in [3.05, 3.63) is 70.6 Å². The first-order valence-corrected chi connectivity index (χ1v) is 6.90. The van der Waals surface area contributed by atoms with E-state index < -0.39 is 0 Å². The Morgan fingerprint density at radius 3 is 2.60 bits per heavy atom. The van der Waals surface area contributed by atoms with Crippen LogP contribution in [0.5, 0.6) is 0 Å². The lowest BCUT2D eigenvalue weighted by Gasteiger charge is -1.99. The molecule has 0 atom stereocenters. The minimum Gasteiger partial charge on any atom is -0.293 e. The van der Waals surface area contributed by atoms with E-state index in [1.807, 2.05) is 0 Å². The summed E-state index contributed by atoms with van der Waals surface area (Å²) in [4.78, 5) is 12.7. The van der Waals surface area contributed by atoms with E-state index in [1.165, 1.54) is 35.6 Å². The molecule has 100 valence electrons. The zero-order valence-electron chi connectivity index (χ0n) is 10.4. The molecule has 3 rings (SSSR count). The molecule has 2 aromatic carbocycles. The SMILES string of the molecule is O=C(Cc1cccc(F)c1)c1cc2cc(F)ccc2s1. The summed E-state index contributed by atoms with van der Waals surface area (Å²) in [6, 6.07) is 12.1. The van der Waals surface area contributed by atoms with Crippen LogP contribution in [0.25, 0.3) is 10.1 Å². The number of halogens is 2. The van der Waals surface area contributed by atoms with Gasteiger partial charge in [-0.2, -0.15) is 0 Å². The van der Waals surface area contributed by atoms with Gasteiger partial charge in [-0.15, -0.1) is 11.3 Å². The van der Waals surface area contributed by atoms with Gasteiger partial charge in [0.05, 0.1) is 4.88 Å². The molecule has 0 N–H and O–H groups in total. The fourth-order valence-corrected chi connectivity index (χ4v) is 3.05. The van der Waals surface area contributed by atoms with Gasteiger partial charge in [0.25, 0.3) is 0 Å². The van der Waals surface area contributed by atoms with E-state index in [-0.39, 0.29) is 23.8 Å². The minimum atomic E-state index is -0.353. The first-order chi connectivity index (χ1) is 9.61. The van der Waals surface area contributed by atoms with Gasteiger partial charge in [-0.25, -0.2) is 8.78 Å². The molecular weight excluding hydrogens is 278 g/mol. The molecular formula is C16H10F2OS. The smallest absolute Gasteiger partial charge is 0.177 e. The molecule has 0 bridgehead atoms. The average molecular weight is 288 g/mol. The summed E-state index contributed by atoms with van der Waals surface area (Å²) in [5.74, 6) is -0.759. The maximum Gasteiger partial charge on any atom is 0.177 e. The number of fused-ring (bicyclic) bond motifs is 1. The highest BCUT2D eigenvalue weighted by atomic mass is 32.1. The number of carbonyl (C=O) groups is 1. The molecule has 0 aliphatic carbocycles. The van der Waals surface area contributed by atoms with Crippen LogP contribution in [0.2, 0.25) is 0 Å². The summed E-state index contributed by atoms with van der Waals surface area (Å²) in [6.07, 6.45) is 0.146. The second-order valence-corrected chi connectivity index (χ2v) is 5.61. The van der Waals surface area contributed by atoms with Gasteiger partial charge in [0.15, 0.2) is 5.78 Å². The van der Waals surface area contributed by atoms with Gasteiger partial charge in [0, 0.05) is 11.1 Å². The Kier molecular flexibility index (Phi) is 3.32. The van der Waals surface area contributed by atoms with Crippen LogP contribution < -0.4 is 0 Å². The summed E-state index contributed by atoms with van der Waals surface area (Å²) in [7, 11) is 0. The van der Waals surface area contributed by atoms with Crippen molar-refractivity contribution in [2.75, 3.05) is 0 Å². The van der Waals surface area contributed by atoms with Gasteiger partial charge in [0.1, 0.15) is 11.6 Å². The third-order valence-electron chi connectivity index (χ3n) is 3.01. The second-order valence-electron chi connectivity index (χ2n) is 4.52. The summed E-state index contributed by atoms with van der Waals surface area (Å²) < 4.78 is 27.1. The van der Waals surface area contributed by atoms with Crippen LogP contribution in [0.1, 0.15) is 15.2 Å². The van der Waals surface area contributed by atoms with Crippen molar-refractivity contribution in [3.63, 3.8) is 0 Å². The Labute approximate surface area is 118 Å². The van der Waals surface area contributed by atoms with Crippen molar-refractivity contribution in [3.8, 4) is 0 Å². The van der Waals surface area contributed by atoms with Crippen LogP contribution >= 0.6 is 11.3 Å².